The molecule has 1 aliphatic heterocycles. The van der Waals surface area contributed by atoms with Crippen LogP contribution in [0.4, 0.5) is 8.78 Å². The average Bonchev–Trinajstić information content (AvgIpc) is 2.41. The quantitative estimate of drug-likeness (QED) is 0.779. The van der Waals surface area contributed by atoms with Crippen LogP contribution in [0.1, 0.15) is 23.2 Å². The van der Waals surface area contributed by atoms with E-state index in [4.69, 9.17) is 9.47 Å². The van der Waals surface area contributed by atoms with Crippen LogP contribution in [-0.4, -0.2) is 31.7 Å². The van der Waals surface area contributed by atoms with E-state index < -0.39 is 23.0 Å². The first kappa shape index (κ1) is 13.1. The Kier molecular flexibility index (Phi) is 3.73. The minimum atomic E-state index is -1.10. The number of methoxy groups -OCH3 is 1. The minimum absolute atomic E-state index is 0.265. The summed E-state index contributed by atoms with van der Waals surface area (Å²) in [5.41, 5.74) is -1.37. The van der Waals surface area contributed by atoms with Crippen LogP contribution in [0.3, 0.4) is 0 Å². The lowest BCUT2D eigenvalue weighted by atomic mass is 9.85. The number of carbonyl (C=O) groups excluding carboxylic acids is 1. The van der Waals surface area contributed by atoms with Crippen LogP contribution in [0.25, 0.3) is 0 Å². The molecule has 0 bridgehead atoms. The fourth-order valence-corrected chi connectivity index (χ4v) is 2.14. The zero-order valence-electron chi connectivity index (χ0n) is 10.0. The van der Waals surface area contributed by atoms with Crippen molar-refractivity contribution in [3.63, 3.8) is 0 Å². The third-order valence-corrected chi connectivity index (χ3v) is 3.28. The van der Waals surface area contributed by atoms with Crippen molar-refractivity contribution in [2.45, 2.75) is 18.4 Å². The van der Waals surface area contributed by atoms with Crippen molar-refractivity contribution >= 4 is 5.78 Å². The Morgan fingerprint density at radius 3 is 2.61 bits per heavy atom. The van der Waals surface area contributed by atoms with Crippen LogP contribution in [0.2, 0.25) is 0 Å². The molecule has 0 amide bonds. The van der Waals surface area contributed by atoms with Gasteiger partial charge in [0.1, 0.15) is 17.2 Å². The third-order valence-electron chi connectivity index (χ3n) is 3.28. The third kappa shape index (κ3) is 2.28. The first-order chi connectivity index (χ1) is 8.59. The van der Waals surface area contributed by atoms with E-state index in [-0.39, 0.29) is 5.56 Å². The summed E-state index contributed by atoms with van der Waals surface area (Å²) in [7, 11) is 1.40. The van der Waals surface area contributed by atoms with Crippen LogP contribution in [-0.2, 0) is 9.47 Å². The van der Waals surface area contributed by atoms with Gasteiger partial charge in [-0.2, -0.15) is 0 Å². The lowest BCUT2D eigenvalue weighted by molar-refractivity contribution is -0.0664. The molecule has 0 N–H and O–H groups in total. The van der Waals surface area contributed by atoms with E-state index in [1.807, 2.05) is 0 Å². The molecule has 0 aromatic heterocycles. The smallest absolute Gasteiger partial charge is 0.197 e. The molecular formula is C13H14F2O3. The Bertz CT molecular complexity index is 454. The molecule has 2 rings (SSSR count). The van der Waals surface area contributed by atoms with Gasteiger partial charge in [0.25, 0.3) is 0 Å². The highest BCUT2D eigenvalue weighted by atomic mass is 19.1. The second-order valence-electron chi connectivity index (χ2n) is 4.26. The van der Waals surface area contributed by atoms with Crippen molar-refractivity contribution in [3.05, 3.63) is 35.4 Å². The number of ether oxygens (including phenoxy) is 2. The molecule has 98 valence electrons. The van der Waals surface area contributed by atoms with Gasteiger partial charge in [0.15, 0.2) is 5.78 Å². The number of halogens is 2. The highest BCUT2D eigenvalue weighted by Gasteiger charge is 2.41. The zero-order chi connectivity index (χ0) is 13.2. The number of rotatable bonds is 3. The van der Waals surface area contributed by atoms with E-state index in [0.717, 1.165) is 18.2 Å². The molecule has 1 heterocycles. The molecule has 1 saturated heterocycles. The molecule has 0 spiro atoms. The zero-order valence-corrected chi connectivity index (χ0v) is 10.0. The normalized spacial score (nSPS) is 18.6. The van der Waals surface area contributed by atoms with Gasteiger partial charge in [-0.1, -0.05) is 0 Å². The monoisotopic (exact) mass is 256 g/mol. The topological polar surface area (TPSA) is 35.5 Å². The standard InChI is InChI=1S/C13H14F2O3/c1-17-13(4-6-18-7-5-13)12(16)10-8-9(14)2-3-11(10)15/h2-3,8H,4-7H2,1H3. The second-order valence-corrected chi connectivity index (χ2v) is 4.26. The van der Waals surface area contributed by atoms with E-state index in [2.05, 4.69) is 0 Å². The number of hydrogen-bond donors (Lipinski definition) is 0. The summed E-state index contributed by atoms with van der Waals surface area (Å²) in [6, 6.07) is 2.84. The highest BCUT2D eigenvalue weighted by Crippen LogP contribution is 2.29. The molecule has 0 atom stereocenters. The van der Waals surface area contributed by atoms with Gasteiger partial charge in [-0.15, -0.1) is 0 Å². The van der Waals surface area contributed by atoms with Crippen LogP contribution >= 0.6 is 0 Å². The number of Topliss-reactive ketones (excluding diaryl/α,β-unsaturated/α-hetero) is 1. The van der Waals surface area contributed by atoms with Crippen molar-refractivity contribution in [2.24, 2.45) is 0 Å². The number of benzene rings is 1. The summed E-state index contributed by atoms with van der Waals surface area (Å²) in [5, 5.41) is 0. The summed E-state index contributed by atoms with van der Waals surface area (Å²) in [5.74, 6) is -1.90. The summed E-state index contributed by atoms with van der Waals surface area (Å²) in [6.07, 6.45) is 0.691. The van der Waals surface area contributed by atoms with E-state index in [0.29, 0.717) is 26.1 Å². The largest absolute Gasteiger partial charge is 0.381 e. The van der Waals surface area contributed by atoms with Gasteiger partial charge in [-0.25, -0.2) is 8.78 Å². The maximum absolute atomic E-state index is 13.6. The molecule has 1 aromatic rings. The van der Waals surface area contributed by atoms with E-state index in [1.165, 1.54) is 7.11 Å². The van der Waals surface area contributed by atoms with Crippen molar-refractivity contribution in [1.29, 1.82) is 0 Å². The molecule has 18 heavy (non-hydrogen) atoms. The molecule has 0 aliphatic carbocycles. The number of hydrogen-bond acceptors (Lipinski definition) is 3. The van der Waals surface area contributed by atoms with Gasteiger partial charge in [0.05, 0.1) is 5.56 Å². The fraction of sp³-hybridized carbons (Fsp3) is 0.462. The van der Waals surface area contributed by atoms with Crippen molar-refractivity contribution < 1.29 is 23.0 Å². The first-order valence-electron chi connectivity index (χ1n) is 5.72. The summed E-state index contributed by atoms with van der Waals surface area (Å²) in [4.78, 5) is 12.3. The van der Waals surface area contributed by atoms with Gasteiger partial charge in [0, 0.05) is 33.2 Å². The molecule has 1 aliphatic rings. The molecule has 1 fully saturated rings. The molecular weight excluding hydrogens is 242 g/mol. The molecule has 0 saturated carbocycles. The Hall–Kier alpha value is -1.33. The van der Waals surface area contributed by atoms with Crippen molar-refractivity contribution in [3.8, 4) is 0 Å². The van der Waals surface area contributed by atoms with Crippen LogP contribution in [0, 0.1) is 11.6 Å². The predicted octanol–water partition coefficient (Wildman–Crippen LogP) is 2.34. The molecule has 3 nitrogen and oxygen atoms in total. The SMILES string of the molecule is COC1(C(=O)c2cc(F)ccc2F)CCOCC1. The maximum atomic E-state index is 13.6. The Labute approximate surface area is 104 Å². The summed E-state index contributed by atoms with van der Waals surface area (Å²) >= 11 is 0. The first-order valence-corrected chi connectivity index (χ1v) is 5.72. The lowest BCUT2D eigenvalue weighted by Crippen LogP contribution is -2.46. The number of carbonyl (C=O) groups is 1. The van der Waals surface area contributed by atoms with Gasteiger partial charge in [-0.05, 0) is 18.2 Å². The summed E-state index contributed by atoms with van der Waals surface area (Å²) < 4.78 is 37.2. The van der Waals surface area contributed by atoms with E-state index in [9.17, 15) is 13.6 Å². The highest BCUT2D eigenvalue weighted by molar-refractivity contribution is 6.02. The second kappa shape index (κ2) is 5.12. The molecule has 0 unspecified atom stereocenters. The summed E-state index contributed by atoms with van der Waals surface area (Å²) in [6.45, 7) is 0.743. The van der Waals surface area contributed by atoms with Crippen molar-refractivity contribution in [1.82, 2.24) is 0 Å². The van der Waals surface area contributed by atoms with Gasteiger partial charge < -0.3 is 9.47 Å². The Morgan fingerprint density at radius 2 is 2.00 bits per heavy atom. The predicted molar refractivity (Wildman–Crippen MR) is 60.5 cm³/mol. The number of ketones is 1. The van der Waals surface area contributed by atoms with Gasteiger partial charge in [-0.3, -0.25) is 4.79 Å². The van der Waals surface area contributed by atoms with Crippen LogP contribution in [0.5, 0.6) is 0 Å². The van der Waals surface area contributed by atoms with E-state index in [1.54, 1.807) is 0 Å². The Balaban J connectivity index is 2.36. The van der Waals surface area contributed by atoms with E-state index >= 15 is 0 Å². The van der Waals surface area contributed by atoms with Gasteiger partial charge in [0.2, 0.25) is 0 Å². The average molecular weight is 256 g/mol. The molecule has 0 radical (unpaired) electrons. The Morgan fingerprint density at radius 1 is 1.33 bits per heavy atom. The lowest BCUT2D eigenvalue weighted by Gasteiger charge is -2.34. The minimum Gasteiger partial charge on any atom is -0.381 e. The van der Waals surface area contributed by atoms with Gasteiger partial charge >= 0.3 is 0 Å². The van der Waals surface area contributed by atoms with Crippen molar-refractivity contribution in [2.75, 3.05) is 20.3 Å². The maximum Gasteiger partial charge on any atom is 0.197 e. The molecule has 1 aromatic carbocycles. The fourth-order valence-electron chi connectivity index (χ4n) is 2.14. The van der Waals surface area contributed by atoms with Crippen LogP contribution < -0.4 is 0 Å². The van der Waals surface area contributed by atoms with Crippen LogP contribution in [0.15, 0.2) is 18.2 Å². The molecule has 5 heteroatoms.